The third-order valence-corrected chi connectivity index (χ3v) is 3.08. The van der Waals surface area contributed by atoms with Crippen LogP contribution in [0.4, 0.5) is 11.5 Å². The standard InChI is InChI=1S/C11H13N5O2/c1-13-8-4-5-15(7-8)11-3-2-10(16(17)18)9(6-12)14-11/h2-3,8,13H,4-5,7H2,1H3. The molecule has 1 aromatic rings. The SMILES string of the molecule is CNC1CCN(c2ccc([N+](=O)[O-])c(C#N)n2)C1. The first-order valence-corrected chi connectivity index (χ1v) is 5.63. The van der Waals surface area contributed by atoms with E-state index in [2.05, 4.69) is 10.3 Å². The summed E-state index contributed by atoms with van der Waals surface area (Å²) in [6.07, 6.45) is 0.997. The number of nitrogens with zero attached hydrogens (tertiary/aromatic N) is 4. The van der Waals surface area contributed by atoms with E-state index in [1.807, 2.05) is 11.9 Å². The number of rotatable bonds is 3. The summed E-state index contributed by atoms with van der Waals surface area (Å²) < 4.78 is 0. The number of pyridine rings is 1. The van der Waals surface area contributed by atoms with Crippen LogP contribution >= 0.6 is 0 Å². The number of hydrogen-bond acceptors (Lipinski definition) is 6. The molecule has 1 atom stereocenters. The molecule has 1 saturated heterocycles. The van der Waals surface area contributed by atoms with Crippen LogP contribution in [-0.4, -0.2) is 36.1 Å². The molecule has 0 amide bonds. The Kier molecular flexibility index (Phi) is 3.39. The van der Waals surface area contributed by atoms with Crippen molar-refractivity contribution < 1.29 is 4.92 Å². The van der Waals surface area contributed by atoms with Gasteiger partial charge in [-0.2, -0.15) is 5.26 Å². The molecule has 0 bridgehead atoms. The number of anilines is 1. The van der Waals surface area contributed by atoms with Gasteiger partial charge in [0, 0.05) is 25.2 Å². The highest BCUT2D eigenvalue weighted by molar-refractivity contribution is 5.52. The second-order valence-electron chi connectivity index (χ2n) is 4.13. The Bertz CT molecular complexity index is 511. The lowest BCUT2D eigenvalue weighted by atomic mass is 10.3. The van der Waals surface area contributed by atoms with Gasteiger partial charge >= 0.3 is 5.69 Å². The third-order valence-electron chi connectivity index (χ3n) is 3.08. The molecule has 0 aliphatic carbocycles. The van der Waals surface area contributed by atoms with Crippen LogP contribution in [0.5, 0.6) is 0 Å². The van der Waals surface area contributed by atoms with E-state index in [4.69, 9.17) is 5.26 Å². The van der Waals surface area contributed by atoms with Gasteiger partial charge in [0.25, 0.3) is 0 Å². The maximum absolute atomic E-state index is 10.7. The molecule has 1 aliphatic rings. The van der Waals surface area contributed by atoms with Crippen LogP contribution in [0, 0.1) is 21.4 Å². The minimum atomic E-state index is -0.588. The molecule has 1 fully saturated rings. The predicted octanol–water partition coefficient (Wildman–Crippen LogP) is 0.660. The van der Waals surface area contributed by atoms with E-state index in [-0.39, 0.29) is 11.4 Å². The summed E-state index contributed by atoms with van der Waals surface area (Å²) in [5.74, 6) is 0.620. The van der Waals surface area contributed by atoms with Crippen molar-refractivity contribution in [2.75, 3.05) is 25.0 Å². The Balaban J connectivity index is 2.26. The summed E-state index contributed by atoms with van der Waals surface area (Å²) >= 11 is 0. The van der Waals surface area contributed by atoms with E-state index in [9.17, 15) is 10.1 Å². The topological polar surface area (TPSA) is 95.1 Å². The Labute approximate surface area is 104 Å². The van der Waals surface area contributed by atoms with Gasteiger partial charge in [-0.25, -0.2) is 4.98 Å². The highest BCUT2D eigenvalue weighted by Gasteiger charge is 2.24. The van der Waals surface area contributed by atoms with Gasteiger partial charge in [-0.3, -0.25) is 10.1 Å². The molecular weight excluding hydrogens is 234 g/mol. The van der Waals surface area contributed by atoms with Gasteiger partial charge in [-0.05, 0) is 19.5 Å². The molecule has 7 heteroatoms. The van der Waals surface area contributed by atoms with Gasteiger partial charge in [0.1, 0.15) is 11.9 Å². The second kappa shape index (κ2) is 4.98. The monoisotopic (exact) mass is 247 g/mol. The van der Waals surface area contributed by atoms with E-state index in [1.54, 1.807) is 12.1 Å². The minimum Gasteiger partial charge on any atom is -0.355 e. The summed E-state index contributed by atoms with van der Waals surface area (Å²) in [6, 6.07) is 5.10. The van der Waals surface area contributed by atoms with Gasteiger partial charge in [0.2, 0.25) is 5.69 Å². The van der Waals surface area contributed by atoms with E-state index >= 15 is 0 Å². The van der Waals surface area contributed by atoms with Crippen molar-refractivity contribution >= 4 is 11.5 Å². The molecule has 7 nitrogen and oxygen atoms in total. The van der Waals surface area contributed by atoms with Gasteiger partial charge in [-0.1, -0.05) is 0 Å². The second-order valence-corrected chi connectivity index (χ2v) is 4.13. The maximum atomic E-state index is 10.7. The van der Waals surface area contributed by atoms with Crippen molar-refractivity contribution in [2.24, 2.45) is 0 Å². The molecule has 18 heavy (non-hydrogen) atoms. The number of likely N-dealkylation sites (N-methyl/N-ethyl adjacent to an activating group) is 1. The Morgan fingerprint density at radius 1 is 1.67 bits per heavy atom. The van der Waals surface area contributed by atoms with Gasteiger partial charge < -0.3 is 10.2 Å². The highest BCUT2D eigenvalue weighted by atomic mass is 16.6. The number of nitriles is 1. The van der Waals surface area contributed by atoms with Crippen molar-refractivity contribution in [2.45, 2.75) is 12.5 Å². The fourth-order valence-corrected chi connectivity index (χ4v) is 2.05. The first-order valence-electron chi connectivity index (χ1n) is 5.63. The van der Waals surface area contributed by atoms with Crippen molar-refractivity contribution in [3.63, 3.8) is 0 Å². The molecule has 0 saturated carbocycles. The van der Waals surface area contributed by atoms with Crippen molar-refractivity contribution in [3.8, 4) is 6.07 Å². The fraction of sp³-hybridized carbons (Fsp3) is 0.455. The van der Waals surface area contributed by atoms with Gasteiger partial charge in [0.05, 0.1) is 4.92 Å². The minimum absolute atomic E-state index is 0.134. The largest absolute Gasteiger partial charge is 0.355 e. The Hall–Kier alpha value is -2.20. The first kappa shape index (κ1) is 12.3. The Morgan fingerprint density at radius 3 is 3.00 bits per heavy atom. The Morgan fingerprint density at radius 2 is 2.44 bits per heavy atom. The molecular formula is C11H13N5O2. The normalized spacial score (nSPS) is 18.7. The smallest absolute Gasteiger partial charge is 0.305 e. The van der Waals surface area contributed by atoms with E-state index < -0.39 is 4.92 Å². The molecule has 2 rings (SSSR count). The highest BCUT2D eigenvalue weighted by Crippen LogP contribution is 2.23. The third kappa shape index (κ3) is 2.24. The van der Waals surface area contributed by atoms with Crippen LogP contribution in [0.1, 0.15) is 12.1 Å². The van der Waals surface area contributed by atoms with Crippen molar-refractivity contribution in [1.82, 2.24) is 10.3 Å². The molecule has 0 spiro atoms. The fourth-order valence-electron chi connectivity index (χ4n) is 2.05. The molecule has 0 radical (unpaired) electrons. The predicted molar refractivity (Wildman–Crippen MR) is 65.3 cm³/mol. The summed E-state index contributed by atoms with van der Waals surface area (Å²) in [4.78, 5) is 16.2. The molecule has 2 heterocycles. The quantitative estimate of drug-likeness (QED) is 0.622. The summed E-state index contributed by atoms with van der Waals surface area (Å²) in [6.45, 7) is 1.63. The summed E-state index contributed by atoms with van der Waals surface area (Å²) in [5.41, 5.74) is -0.379. The lowest BCUT2D eigenvalue weighted by Gasteiger charge is -2.17. The first-order chi connectivity index (χ1) is 8.65. The average molecular weight is 247 g/mol. The number of hydrogen-bond donors (Lipinski definition) is 1. The van der Waals surface area contributed by atoms with Gasteiger partial charge in [-0.15, -0.1) is 0 Å². The molecule has 1 N–H and O–H groups in total. The summed E-state index contributed by atoms with van der Waals surface area (Å²) in [7, 11) is 1.90. The number of nitrogens with one attached hydrogen (secondary N) is 1. The zero-order valence-electron chi connectivity index (χ0n) is 9.96. The average Bonchev–Trinajstić information content (AvgIpc) is 2.86. The lowest BCUT2D eigenvalue weighted by molar-refractivity contribution is -0.385. The molecule has 94 valence electrons. The number of aromatic nitrogens is 1. The van der Waals surface area contributed by atoms with E-state index in [0.29, 0.717) is 11.9 Å². The van der Waals surface area contributed by atoms with Crippen LogP contribution in [0.2, 0.25) is 0 Å². The van der Waals surface area contributed by atoms with Gasteiger partial charge in [0.15, 0.2) is 0 Å². The van der Waals surface area contributed by atoms with Crippen LogP contribution in [0.25, 0.3) is 0 Å². The van der Waals surface area contributed by atoms with Crippen LogP contribution in [-0.2, 0) is 0 Å². The van der Waals surface area contributed by atoms with Crippen LogP contribution < -0.4 is 10.2 Å². The molecule has 1 aliphatic heterocycles. The zero-order valence-corrected chi connectivity index (χ0v) is 9.96. The van der Waals surface area contributed by atoms with E-state index in [0.717, 1.165) is 19.5 Å². The van der Waals surface area contributed by atoms with Crippen molar-refractivity contribution in [1.29, 1.82) is 5.26 Å². The maximum Gasteiger partial charge on any atom is 0.305 e. The van der Waals surface area contributed by atoms with Crippen LogP contribution in [0.3, 0.4) is 0 Å². The molecule has 1 unspecified atom stereocenters. The lowest BCUT2D eigenvalue weighted by Crippen LogP contribution is -2.29. The van der Waals surface area contributed by atoms with Crippen LogP contribution in [0.15, 0.2) is 12.1 Å². The molecule has 1 aromatic heterocycles. The number of nitro groups is 1. The zero-order chi connectivity index (χ0) is 13.1. The van der Waals surface area contributed by atoms with E-state index in [1.165, 1.54) is 6.07 Å². The molecule has 0 aromatic carbocycles. The van der Waals surface area contributed by atoms with Crippen molar-refractivity contribution in [3.05, 3.63) is 27.9 Å². The summed E-state index contributed by atoms with van der Waals surface area (Å²) in [5, 5.41) is 22.8.